The highest BCUT2D eigenvalue weighted by atomic mass is 35.7. The number of benzene rings is 4. The molecule has 2 heterocycles. The third-order valence-electron chi connectivity index (χ3n) is 12.2. The molecule has 2 aliphatic carbocycles. The molecule has 8 rings (SSSR count). The molecule has 2 saturated carbocycles. The zero-order chi connectivity index (χ0) is 50.4. The van der Waals surface area contributed by atoms with Gasteiger partial charge in [0.15, 0.2) is 0 Å². The number of sulfonamides is 1. The fourth-order valence-corrected chi connectivity index (χ4v) is 8.94. The molecule has 372 valence electrons. The number of nitrogens with one attached hydrogen (secondary N) is 1. The zero-order valence-corrected chi connectivity index (χ0v) is 40.9. The summed E-state index contributed by atoms with van der Waals surface area (Å²) in [5.74, 6) is 0.832. The third-order valence-corrected chi connectivity index (χ3v) is 15.1. The van der Waals surface area contributed by atoms with Crippen molar-refractivity contribution < 1.29 is 47.9 Å². The Labute approximate surface area is 403 Å². The topological polar surface area (TPSA) is 151 Å². The predicted molar refractivity (Wildman–Crippen MR) is 256 cm³/mol. The molecule has 69 heavy (non-hydrogen) atoms. The number of ether oxygens (including phenoxy) is 1. The lowest BCUT2D eigenvalue weighted by molar-refractivity contribution is -0.138. The van der Waals surface area contributed by atoms with Gasteiger partial charge in [-0.15, -0.1) is 0 Å². The fourth-order valence-electron chi connectivity index (χ4n) is 7.88. The molecule has 6 aromatic rings. The molecule has 0 bridgehead atoms. The Morgan fingerprint density at radius 1 is 0.667 bits per heavy atom. The van der Waals surface area contributed by atoms with Crippen molar-refractivity contribution in [1.82, 2.24) is 24.3 Å². The van der Waals surface area contributed by atoms with Crippen LogP contribution in [-0.4, -0.2) is 47.9 Å². The van der Waals surface area contributed by atoms with Crippen molar-refractivity contribution in [2.75, 3.05) is 11.5 Å². The summed E-state index contributed by atoms with van der Waals surface area (Å²) in [5, 5.41) is 9.30. The van der Waals surface area contributed by atoms with Crippen LogP contribution in [0.4, 0.5) is 26.3 Å². The third kappa shape index (κ3) is 13.6. The quantitative estimate of drug-likeness (QED) is 0.0808. The van der Waals surface area contributed by atoms with Crippen molar-refractivity contribution in [2.45, 2.75) is 109 Å². The molecule has 0 saturated heterocycles. The van der Waals surface area contributed by atoms with Crippen LogP contribution in [0.5, 0.6) is 11.6 Å². The van der Waals surface area contributed by atoms with Gasteiger partial charge in [0.05, 0.1) is 39.6 Å². The summed E-state index contributed by atoms with van der Waals surface area (Å²) in [7, 11) is -1.86. The number of aromatic nitrogens is 4. The molecule has 0 amide bonds. The van der Waals surface area contributed by atoms with E-state index in [9.17, 15) is 43.2 Å². The number of nitrogens with zero attached hydrogens (tertiary/aromatic N) is 4. The van der Waals surface area contributed by atoms with E-state index in [0.717, 1.165) is 108 Å². The Morgan fingerprint density at radius 3 is 1.62 bits per heavy atom. The first-order valence-electron chi connectivity index (χ1n) is 22.5. The van der Waals surface area contributed by atoms with Gasteiger partial charge in [-0.25, -0.2) is 26.2 Å². The summed E-state index contributed by atoms with van der Waals surface area (Å²) in [6.07, 6.45) is -2.73. The summed E-state index contributed by atoms with van der Waals surface area (Å²) in [4.78, 5) is 0. The molecule has 0 unspecified atom stereocenters. The number of rotatable bonds is 14. The summed E-state index contributed by atoms with van der Waals surface area (Å²) in [6.45, 7) is 8.19. The Bertz CT molecular complexity index is 2910. The van der Waals surface area contributed by atoms with Crippen LogP contribution in [0, 0.1) is 0 Å². The Balaban J connectivity index is 0.000000205. The van der Waals surface area contributed by atoms with Gasteiger partial charge in [0.1, 0.15) is 5.75 Å². The first-order valence-corrected chi connectivity index (χ1v) is 26.6. The highest BCUT2D eigenvalue weighted by Crippen LogP contribution is 2.43. The first-order chi connectivity index (χ1) is 32.4. The lowest BCUT2D eigenvalue weighted by Gasteiger charge is -2.42. The second-order valence-corrected chi connectivity index (χ2v) is 22.0. The molecule has 20 heteroatoms. The van der Waals surface area contributed by atoms with E-state index in [0.29, 0.717) is 31.1 Å². The summed E-state index contributed by atoms with van der Waals surface area (Å²) in [6, 6.07) is 29.4. The van der Waals surface area contributed by atoms with Crippen molar-refractivity contribution in [3.8, 4) is 34.1 Å². The van der Waals surface area contributed by atoms with Gasteiger partial charge >= 0.3 is 12.4 Å². The molecular weight excluding hydrogens is 966 g/mol. The zero-order valence-electron chi connectivity index (χ0n) is 38.5. The number of alkyl halides is 6. The number of hydrogen-bond donors (Lipinski definition) is 2. The Kier molecular flexibility index (Phi) is 16.5. The number of hydrogen-bond acceptors (Lipinski definition) is 8. The molecule has 0 spiro atoms. The Hall–Kier alpha value is -5.21. The van der Waals surface area contributed by atoms with Gasteiger partial charge in [0.2, 0.25) is 25.0 Å². The monoisotopic (exact) mass is 1020 g/mol. The van der Waals surface area contributed by atoms with Crippen molar-refractivity contribution in [2.24, 2.45) is 5.73 Å². The lowest BCUT2D eigenvalue weighted by atomic mass is 9.72. The normalized spacial score (nSPS) is 15.4. The highest BCUT2D eigenvalue weighted by Gasteiger charge is 2.42. The molecule has 3 N–H and O–H groups in total. The molecule has 0 radical (unpaired) electrons. The van der Waals surface area contributed by atoms with E-state index in [-0.39, 0.29) is 17.0 Å². The van der Waals surface area contributed by atoms with Gasteiger partial charge in [0.25, 0.3) is 0 Å². The van der Waals surface area contributed by atoms with E-state index in [4.69, 9.17) is 15.6 Å². The van der Waals surface area contributed by atoms with Gasteiger partial charge in [-0.3, -0.25) is 4.68 Å². The smallest absolute Gasteiger partial charge is 0.416 e. The van der Waals surface area contributed by atoms with Gasteiger partial charge < -0.3 is 10.5 Å². The maximum atomic E-state index is 12.9. The maximum Gasteiger partial charge on any atom is 0.416 e. The number of aryl methyl sites for hydroxylation is 2. The largest absolute Gasteiger partial charge is 0.439 e. The van der Waals surface area contributed by atoms with E-state index in [1.54, 1.807) is 17.7 Å². The Morgan fingerprint density at radius 2 is 1.16 bits per heavy atom. The van der Waals surface area contributed by atoms with Crippen LogP contribution in [0.1, 0.15) is 99.7 Å². The SMILES string of the molecule is CCS(=O)(=O)Cl.CCn1nc(-c2cccc(C3(N)CCC3)c2)cc1Oc1ccc(C(F)(F)F)cc1.CCn1nc(-c2cccc(C3(NS(=O)(=O)CC)CCC3)c2)cc1Cc1ccc(C(F)(F)F)cc1. The van der Waals surface area contributed by atoms with Crippen molar-refractivity contribution >= 4 is 29.8 Å². The van der Waals surface area contributed by atoms with Crippen LogP contribution in [0.2, 0.25) is 0 Å². The van der Waals surface area contributed by atoms with Gasteiger partial charge in [-0.05, 0) is 131 Å². The molecule has 0 atom stereocenters. The number of nitrogens with two attached hydrogens (primary N) is 1. The minimum Gasteiger partial charge on any atom is -0.439 e. The van der Waals surface area contributed by atoms with E-state index >= 15 is 0 Å². The average molecular weight is 1020 g/mol. The van der Waals surface area contributed by atoms with Crippen LogP contribution in [-0.2, 0) is 62.0 Å². The second-order valence-electron chi connectivity index (χ2n) is 17.0. The van der Waals surface area contributed by atoms with Gasteiger partial charge in [-0.2, -0.15) is 36.5 Å². The van der Waals surface area contributed by atoms with E-state index < -0.39 is 48.1 Å². The average Bonchev–Trinajstić information content (AvgIpc) is 3.90. The van der Waals surface area contributed by atoms with Crippen LogP contribution in [0.3, 0.4) is 0 Å². The number of halogens is 7. The molecule has 0 aliphatic heterocycles. The fraction of sp³-hybridized carbons (Fsp3) is 0.388. The summed E-state index contributed by atoms with van der Waals surface area (Å²) < 4.78 is 133. The predicted octanol–water partition coefficient (Wildman–Crippen LogP) is 11.8. The molecule has 2 fully saturated rings. The molecule has 2 aromatic heterocycles. The van der Waals surface area contributed by atoms with Crippen LogP contribution < -0.4 is 15.2 Å². The van der Waals surface area contributed by atoms with Crippen LogP contribution in [0.25, 0.3) is 22.5 Å². The molecule has 2 aliphatic rings. The lowest BCUT2D eigenvalue weighted by Crippen LogP contribution is -2.51. The van der Waals surface area contributed by atoms with Gasteiger partial charge in [-0.1, -0.05) is 55.5 Å². The minimum absolute atomic E-state index is 0.00849. The standard InChI is InChI=1S/C25H28F3N3O2S.C22H22F3N3O.C2H5ClO2S/c1-3-31-22(15-18-9-11-20(12-10-18)25(26,27)28)17-23(29-31)19-7-5-8-21(16-19)24(13-6-14-24)30-34(32,33)4-2;1-2-28-20(29-18-9-7-16(8-10-18)22(23,24)25)14-19(27-28)15-5-3-6-17(13-15)21(26)11-4-12-21;1-2-6(3,4)5/h5,7-12,16-17,30H,3-4,6,13-15H2,1-2H3;3,5-10,13-14H,2,4,11-12,26H2,1H3;2H2,1H3. The van der Waals surface area contributed by atoms with E-state index in [2.05, 4.69) is 26.6 Å². The molecule has 4 aromatic carbocycles. The van der Waals surface area contributed by atoms with Crippen molar-refractivity contribution in [3.05, 3.63) is 143 Å². The molecule has 11 nitrogen and oxygen atoms in total. The second kappa shape index (κ2) is 21.4. The van der Waals surface area contributed by atoms with Crippen LogP contribution >= 0.6 is 10.7 Å². The minimum atomic E-state index is -4.37. The summed E-state index contributed by atoms with van der Waals surface area (Å²) in [5.41, 5.74) is 11.2. The maximum absolute atomic E-state index is 12.9. The van der Waals surface area contributed by atoms with E-state index in [1.807, 2.05) is 67.1 Å². The highest BCUT2D eigenvalue weighted by molar-refractivity contribution is 8.13. The molecular formula is C49H55ClF6N6O5S2. The summed E-state index contributed by atoms with van der Waals surface area (Å²) >= 11 is 0. The van der Waals surface area contributed by atoms with Crippen molar-refractivity contribution in [3.63, 3.8) is 0 Å². The van der Waals surface area contributed by atoms with E-state index in [1.165, 1.54) is 31.2 Å². The first kappa shape index (κ1) is 53.1. The van der Waals surface area contributed by atoms with Crippen LogP contribution in [0.15, 0.2) is 109 Å². The van der Waals surface area contributed by atoms with Crippen molar-refractivity contribution in [1.29, 1.82) is 0 Å². The van der Waals surface area contributed by atoms with Gasteiger partial charge in [0, 0.05) is 58.6 Å².